The zero-order valence-corrected chi connectivity index (χ0v) is 19.2. The van der Waals surface area contributed by atoms with E-state index in [4.69, 9.17) is 4.42 Å². The van der Waals surface area contributed by atoms with Gasteiger partial charge in [0.25, 0.3) is 5.91 Å². The highest BCUT2D eigenvalue weighted by Gasteiger charge is 2.44. The number of anilines is 1. The number of thioether (sulfide) groups is 1. The van der Waals surface area contributed by atoms with Gasteiger partial charge in [-0.05, 0) is 61.2 Å². The Kier molecular flexibility index (Phi) is 4.95. The summed E-state index contributed by atoms with van der Waals surface area (Å²) in [6.45, 7) is 1.87. The molecule has 1 aliphatic rings. The number of aryl methyl sites for hydroxylation is 1. The highest BCUT2D eigenvalue weighted by atomic mass is 79.9. The fourth-order valence-electron chi connectivity index (χ4n) is 3.95. The van der Waals surface area contributed by atoms with Crippen molar-refractivity contribution in [1.29, 1.82) is 0 Å². The Hall–Kier alpha value is -2.90. The molecule has 2 aromatic heterocycles. The molecule has 0 spiro atoms. The molecule has 0 saturated carbocycles. The number of carbonyl (C=O) groups excluding carboxylic acids is 1. The molecule has 0 radical (unpaired) electrons. The zero-order chi connectivity index (χ0) is 21.7. The highest BCUT2D eigenvalue weighted by molar-refractivity contribution is 9.10. The Morgan fingerprint density at radius 2 is 1.84 bits per heavy atom. The third kappa shape index (κ3) is 3.28. The molecule has 0 N–H and O–H groups in total. The molecule has 2 aromatic carbocycles. The Balaban J connectivity index is 1.80. The van der Waals surface area contributed by atoms with Crippen molar-refractivity contribution in [2.45, 2.75) is 17.9 Å². The van der Waals surface area contributed by atoms with Crippen molar-refractivity contribution < 1.29 is 9.21 Å². The lowest BCUT2D eigenvalue weighted by Crippen LogP contribution is -2.30. The summed E-state index contributed by atoms with van der Waals surface area (Å²) in [4.78, 5) is 34.3. The number of amides is 1. The molecule has 0 fully saturated rings. The highest BCUT2D eigenvalue weighted by Crippen LogP contribution is 2.41. The maximum Gasteiger partial charge on any atom is 0.296 e. The summed E-state index contributed by atoms with van der Waals surface area (Å²) in [5, 5.41) is 0.436. The third-order valence-electron chi connectivity index (χ3n) is 5.38. The second kappa shape index (κ2) is 7.66. The normalized spacial score (nSPS) is 15.5. The van der Waals surface area contributed by atoms with Crippen LogP contribution in [-0.2, 0) is 0 Å². The van der Waals surface area contributed by atoms with Crippen molar-refractivity contribution in [2.75, 3.05) is 11.2 Å². The van der Waals surface area contributed by atoms with E-state index in [1.807, 2.05) is 49.6 Å². The van der Waals surface area contributed by atoms with E-state index in [9.17, 15) is 9.59 Å². The topological polar surface area (TPSA) is 63.4 Å². The summed E-state index contributed by atoms with van der Waals surface area (Å²) in [5.41, 5.74) is 2.13. The first kappa shape index (κ1) is 20.0. The number of nitrogens with zero attached hydrogens (tertiary/aromatic N) is 2. The van der Waals surface area contributed by atoms with Crippen LogP contribution in [0.25, 0.3) is 11.0 Å². The van der Waals surface area contributed by atoms with Crippen LogP contribution in [0.5, 0.6) is 0 Å². The molecule has 3 heterocycles. The van der Waals surface area contributed by atoms with E-state index in [1.165, 1.54) is 0 Å². The minimum atomic E-state index is -0.618. The Morgan fingerprint density at radius 3 is 2.55 bits per heavy atom. The number of hydrogen-bond donors (Lipinski definition) is 0. The van der Waals surface area contributed by atoms with E-state index in [0.717, 1.165) is 20.6 Å². The summed E-state index contributed by atoms with van der Waals surface area (Å²) in [6, 6.07) is 18.0. The number of benzene rings is 2. The monoisotopic (exact) mass is 492 g/mol. The Bertz CT molecular complexity index is 1400. The van der Waals surface area contributed by atoms with Crippen LogP contribution in [0, 0.1) is 6.92 Å². The van der Waals surface area contributed by atoms with Crippen LogP contribution in [0.15, 0.2) is 79.2 Å². The van der Waals surface area contributed by atoms with E-state index in [1.54, 1.807) is 40.9 Å². The molecular formula is C24H17BrN2O3S. The zero-order valence-electron chi connectivity index (χ0n) is 16.8. The fraction of sp³-hybridized carbons (Fsp3) is 0.125. The van der Waals surface area contributed by atoms with Gasteiger partial charge in [-0.15, -0.1) is 11.8 Å². The average Bonchev–Trinajstić information content (AvgIpc) is 3.07. The molecule has 31 heavy (non-hydrogen) atoms. The van der Waals surface area contributed by atoms with Crippen LogP contribution in [0.4, 0.5) is 5.82 Å². The van der Waals surface area contributed by atoms with Crippen LogP contribution in [0.2, 0.25) is 0 Å². The van der Waals surface area contributed by atoms with Crippen molar-refractivity contribution in [3.63, 3.8) is 0 Å². The lowest BCUT2D eigenvalue weighted by atomic mass is 9.98. The Morgan fingerprint density at radius 1 is 1.06 bits per heavy atom. The van der Waals surface area contributed by atoms with Crippen molar-refractivity contribution in [3.05, 3.63) is 97.9 Å². The van der Waals surface area contributed by atoms with Crippen LogP contribution in [0.1, 0.15) is 33.4 Å². The van der Waals surface area contributed by atoms with Gasteiger partial charge in [-0.3, -0.25) is 14.5 Å². The molecule has 1 amide bonds. The first-order valence-electron chi connectivity index (χ1n) is 9.65. The van der Waals surface area contributed by atoms with E-state index < -0.39 is 6.04 Å². The standard InChI is InChI=1S/C24H17BrN2O3S/c1-13-4-3-5-19(26-13)27-21(14-6-9-16(31-2)10-7-14)20-22(28)17-12-15(25)8-11-18(17)30-23(20)24(27)29/h3-12,21H,1-2H3/t21-/m1/s1. The van der Waals surface area contributed by atoms with Gasteiger partial charge in [0.2, 0.25) is 5.76 Å². The number of aromatic nitrogens is 1. The number of rotatable bonds is 3. The van der Waals surface area contributed by atoms with Gasteiger partial charge in [-0.2, -0.15) is 0 Å². The summed E-state index contributed by atoms with van der Waals surface area (Å²) >= 11 is 5.05. The van der Waals surface area contributed by atoms with Gasteiger partial charge in [-0.1, -0.05) is 34.1 Å². The molecule has 0 bridgehead atoms. The second-order valence-electron chi connectivity index (χ2n) is 7.30. The first-order valence-corrected chi connectivity index (χ1v) is 11.7. The lowest BCUT2D eigenvalue weighted by Gasteiger charge is -2.24. The molecule has 7 heteroatoms. The summed E-state index contributed by atoms with van der Waals surface area (Å²) in [7, 11) is 0. The van der Waals surface area contributed by atoms with E-state index in [2.05, 4.69) is 20.9 Å². The van der Waals surface area contributed by atoms with Crippen LogP contribution in [-0.4, -0.2) is 17.1 Å². The molecular weight excluding hydrogens is 476 g/mol. The summed E-state index contributed by atoms with van der Waals surface area (Å²) < 4.78 is 6.76. The fourth-order valence-corrected chi connectivity index (χ4v) is 4.72. The second-order valence-corrected chi connectivity index (χ2v) is 9.10. The van der Waals surface area contributed by atoms with E-state index in [-0.39, 0.29) is 17.1 Å². The summed E-state index contributed by atoms with van der Waals surface area (Å²) in [6.07, 6.45) is 2.00. The summed E-state index contributed by atoms with van der Waals surface area (Å²) in [5.74, 6) is 0.191. The molecule has 0 aliphatic carbocycles. The van der Waals surface area contributed by atoms with Gasteiger partial charge < -0.3 is 4.42 Å². The number of fused-ring (bicyclic) bond motifs is 2. The minimum Gasteiger partial charge on any atom is -0.450 e. The predicted octanol–water partition coefficient (Wildman–Crippen LogP) is 5.73. The Labute approximate surface area is 191 Å². The van der Waals surface area contributed by atoms with Gasteiger partial charge in [-0.25, -0.2) is 4.98 Å². The van der Waals surface area contributed by atoms with Gasteiger partial charge in [0.05, 0.1) is 17.0 Å². The van der Waals surface area contributed by atoms with E-state index >= 15 is 0 Å². The molecule has 0 saturated heterocycles. The number of carbonyl (C=O) groups is 1. The average molecular weight is 493 g/mol. The third-order valence-corrected chi connectivity index (χ3v) is 6.62. The van der Waals surface area contributed by atoms with Gasteiger partial charge >= 0.3 is 0 Å². The smallest absolute Gasteiger partial charge is 0.296 e. The van der Waals surface area contributed by atoms with Crippen molar-refractivity contribution in [1.82, 2.24) is 4.98 Å². The molecule has 0 unspecified atom stereocenters. The molecule has 1 atom stereocenters. The van der Waals surface area contributed by atoms with E-state index in [0.29, 0.717) is 22.4 Å². The number of hydrogen-bond acceptors (Lipinski definition) is 5. The van der Waals surface area contributed by atoms with Crippen LogP contribution >= 0.6 is 27.7 Å². The number of halogens is 1. The SMILES string of the molecule is CSc1ccc([C@@H]2c3c(oc4ccc(Br)cc4c3=O)C(=O)N2c2cccc(C)n2)cc1. The maximum absolute atomic E-state index is 13.6. The first-order chi connectivity index (χ1) is 15.0. The lowest BCUT2D eigenvalue weighted by molar-refractivity contribution is 0.0970. The predicted molar refractivity (Wildman–Crippen MR) is 126 cm³/mol. The van der Waals surface area contributed by atoms with Crippen molar-refractivity contribution in [2.24, 2.45) is 0 Å². The quantitative estimate of drug-likeness (QED) is 0.341. The molecule has 5 nitrogen and oxygen atoms in total. The van der Waals surface area contributed by atoms with Crippen LogP contribution in [0.3, 0.4) is 0 Å². The van der Waals surface area contributed by atoms with Crippen molar-refractivity contribution >= 4 is 50.4 Å². The van der Waals surface area contributed by atoms with Gasteiger partial charge in [0, 0.05) is 15.1 Å². The maximum atomic E-state index is 13.6. The number of pyridine rings is 1. The van der Waals surface area contributed by atoms with Gasteiger partial charge in [0.15, 0.2) is 5.43 Å². The molecule has 154 valence electrons. The molecule has 4 aromatic rings. The molecule has 1 aliphatic heterocycles. The van der Waals surface area contributed by atoms with Gasteiger partial charge in [0.1, 0.15) is 11.4 Å². The van der Waals surface area contributed by atoms with Crippen molar-refractivity contribution in [3.8, 4) is 0 Å². The van der Waals surface area contributed by atoms with Crippen LogP contribution < -0.4 is 10.3 Å². The molecule has 5 rings (SSSR count). The largest absolute Gasteiger partial charge is 0.450 e. The minimum absolute atomic E-state index is 0.0714.